The second-order valence-electron chi connectivity index (χ2n) is 4.86. The predicted octanol–water partition coefficient (Wildman–Crippen LogP) is 1.71. The molecule has 0 bridgehead atoms. The minimum atomic E-state index is -0.202. The molecule has 18 heavy (non-hydrogen) atoms. The largest absolute Gasteiger partial charge is 0.495 e. The Morgan fingerprint density at radius 3 is 2.94 bits per heavy atom. The minimum Gasteiger partial charge on any atom is -0.495 e. The fourth-order valence-electron chi connectivity index (χ4n) is 2.48. The van der Waals surface area contributed by atoms with E-state index in [9.17, 15) is 4.79 Å². The average molecular weight is 248 g/mol. The molecule has 1 atom stereocenters. The van der Waals surface area contributed by atoms with E-state index in [2.05, 4.69) is 17.9 Å². The molecule has 4 heteroatoms. The van der Waals surface area contributed by atoms with Crippen molar-refractivity contribution < 1.29 is 9.53 Å². The summed E-state index contributed by atoms with van der Waals surface area (Å²) in [6, 6.07) is 6.10. The van der Waals surface area contributed by atoms with Crippen LogP contribution in [-0.4, -0.2) is 26.1 Å². The number of hydrogen-bond donors (Lipinski definition) is 1. The maximum Gasteiger partial charge on any atom is 0.222 e. The molecule has 4 nitrogen and oxygen atoms in total. The topological polar surface area (TPSA) is 55.6 Å². The Balaban J connectivity index is 2.25. The summed E-state index contributed by atoms with van der Waals surface area (Å²) in [6.45, 7) is 3.69. The molecule has 1 saturated heterocycles. The van der Waals surface area contributed by atoms with Crippen molar-refractivity contribution in [2.75, 3.05) is 25.1 Å². The number of carbonyl (C=O) groups is 1. The van der Waals surface area contributed by atoms with Gasteiger partial charge in [-0.15, -0.1) is 0 Å². The summed E-state index contributed by atoms with van der Waals surface area (Å²) < 4.78 is 5.39. The third-order valence-electron chi connectivity index (χ3n) is 3.50. The fraction of sp³-hybridized carbons (Fsp3) is 0.500. The number of hydrogen-bond acceptors (Lipinski definition) is 3. The molecule has 0 aromatic heterocycles. The molecule has 0 saturated carbocycles. The Bertz CT molecular complexity index is 445. The van der Waals surface area contributed by atoms with Crippen molar-refractivity contribution in [2.45, 2.75) is 19.8 Å². The highest BCUT2D eigenvalue weighted by Crippen LogP contribution is 2.32. The lowest BCUT2D eigenvalue weighted by Crippen LogP contribution is -2.41. The van der Waals surface area contributed by atoms with Gasteiger partial charge in [0.25, 0.3) is 0 Å². The number of benzene rings is 1. The van der Waals surface area contributed by atoms with Crippen molar-refractivity contribution in [3.63, 3.8) is 0 Å². The number of amides is 1. The number of methoxy groups -OCH3 is 1. The molecular formula is C14H20N2O2. The minimum absolute atomic E-state index is 0.0519. The van der Waals surface area contributed by atoms with Crippen LogP contribution in [-0.2, 0) is 4.79 Å². The van der Waals surface area contributed by atoms with Crippen LogP contribution in [0.3, 0.4) is 0 Å². The van der Waals surface area contributed by atoms with Crippen molar-refractivity contribution in [2.24, 2.45) is 11.7 Å². The van der Waals surface area contributed by atoms with Crippen molar-refractivity contribution >= 4 is 11.6 Å². The van der Waals surface area contributed by atoms with E-state index in [4.69, 9.17) is 10.5 Å². The van der Waals surface area contributed by atoms with Gasteiger partial charge in [0, 0.05) is 13.1 Å². The first-order valence-corrected chi connectivity index (χ1v) is 6.30. The van der Waals surface area contributed by atoms with Gasteiger partial charge in [0.15, 0.2) is 0 Å². The van der Waals surface area contributed by atoms with Crippen LogP contribution in [0.2, 0.25) is 0 Å². The number of ether oxygens (including phenoxy) is 1. The molecule has 2 N–H and O–H groups in total. The summed E-state index contributed by atoms with van der Waals surface area (Å²) in [6.07, 6.45) is 1.88. The molecule has 1 heterocycles. The number of nitrogens with two attached hydrogens (primary N) is 1. The first-order chi connectivity index (χ1) is 8.61. The maximum absolute atomic E-state index is 11.3. The van der Waals surface area contributed by atoms with E-state index in [1.807, 2.05) is 12.1 Å². The van der Waals surface area contributed by atoms with Crippen LogP contribution in [0.1, 0.15) is 18.4 Å². The number of primary amides is 1. The Morgan fingerprint density at radius 2 is 2.28 bits per heavy atom. The first kappa shape index (κ1) is 12.7. The van der Waals surface area contributed by atoms with Crippen molar-refractivity contribution in [3.8, 4) is 5.75 Å². The zero-order valence-corrected chi connectivity index (χ0v) is 11.0. The lowest BCUT2D eigenvalue weighted by molar-refractivity contribution is -0.122. The van der Waals surface area contributed by atoms with E-state index in [1.165, 1.54) is 5.56 Å². The van der Waals surface area contributed by atoms with Gasteiger partial charge in [-0.25, -0.2) is 0 Å². The molecule has 98 valence electrons. The molecule has 1 aromatic rings. The third-order valence-corrected chi connectivity index (χ3v) is 3.50. The maximum atomic E-state index is 11.3. The molecule has 1 aliphatic rings. The Kier molecular flexibility index (Phi) is 3.75. The van der Waals surface area contributed by atoms with Crippen LogP contribution in [0.5, 0.6) is 5.75 Å². The number of aryl methyl sites for hydroxylation is 1. The van der Waals surface area contributed by atoms with Crippen LogP contribution in [0.4, 0.5) is 5.69 Å². The van der Waals surface area contributed by atoms with Crippen LogP contribution in [0.15, 0.2) is 18.2 Å². The summed E-state index contributed by atoms with van der Waals surface area (Å²) in [5.74, 6) is 0.598. The van der Waals surface area contributed by atoms with E-state index >= 15 is 0 Å². The molecule has 0 aliphatic carbocycles. The SMILES string of the molecule is COc1ccc(C)cc1N1CCCC(C(N)=O)C1. The van der Waals surface area contributed by atoms with E-state index in [0.717, 1.165) is 30.8 Å². The van der Waals surface area contributed by atoms with Crippen molar-refractivity contribution in [1.29, 1.82) is 0 Å². The van der Waals surface area contributed by atoms with Crippen LogP contribution in [0, 0.1) is 12.8 Å². The van der Waals surface area contributed by atoms with Crippen LogP contribution < -0.4 is 15.4 Å². The lowest BCUT2D eigenvalue weighted by atomic mass is 9.96. The summed E-state index contributed by atoms with van der Waals surface area (Å²) in [7, 11) is 1.67. The smallest absolute Gasteiger partial charge is 0.222 e. The number of carbonyl (C=O) groups excluding carboxylic acids is 1. The number of rotatable bonds is 3. The zero-order valence-electron chi connectivity index (χ0n) is 11.0. The Morgan fingerprint density at radius 1 is 1.50 bits per heavy atom. The van der Waals surface area contributed by atoms with Gasteiger partial charge in [0.05, 0.1) is 18.7 Å². The lowest BCUT2D eigenvalue weighted by Gasteiger charge is -2.34. The molecular weight excluding hydrogens is 228 g/mol. The van der Waals surface area contributed by atoms with Gasteiger partial charge in [-0.3, -0.25) is 4.79 Å². The van der Waals surface area contributed by atoms with Crippen molar-refractivity contribution in [3.05, 3.63) is 23.8 Å². The molecule has 1 unspecified atom stereocenters. The predicted molar refractivity (Wildman–Crippen MR) is 71.9 cm³/mol. The zero-order chi connectivity index (χ0) is 13.1. The summed E-state index contributed by atoms with van der Waals surface area (Å²) in [5.41, 5.74) is 7.66. The summed E-state index contributed by atoms with van der Waals surface area (Å²) in [4.78, 5) is 13.5. The van der Waals surface area contributed by atoms with Gasteiger partial charge in [0.2, 0.25) is 5.91 Å². The van der Waals surface area contributed by atoms with Gasteiger partial charge in [-0.1, -0.05) is 6.07 Å². The normalized spacial score (nSPS) is 19.7. The Labute approximate surface area is 108 Å². The third kappa shape index (κ3) is 2.58. The van der Waals surface area contributed by atoms with Crippen LogP contribution in [0.25, 0.3) is 0 Å². The monoisotopic (exact) mass is 248 g/mol. The molecule has 1 fully saturated rings. The molecule has 0 radical (unpaired) electrons. The quantitative estimate of drug-likeness (QED) is 0.886. The summed E-state index contributed by atoms with van der Waals surface area (Å²) >= 11 is 0. The highest BCUT2D eigenvalue weighted by Gasteiger charge is 2.25. The molecule has 1 amide bonds. The molecule has 2 rings (SSSR count). The van der Waals surface area contributed by atoms with Gasteiger partial charge in [0.1, 0.15) is 5.75 Å². The van der Waals surface area contributed by atoms with Gasteiger partial charge >= 0.3 is 0 Å². The number of nitrogens with zero attached hydrogens (tertiary/aromatic N) is 1. The van der Waals surface area contributed by atoms with Gasteiger partial charge < -0.3 is 15.4 Å². The van der Waals surface area contributed by atoms with Gasteiger partial charge in [-0.05, 0) is 37.5 Å². The second-order valence-corrected chi connectivity index (χ2v) is 4.86. The fourth-order valence-corrected chi connectivity index (χ4v) is 2.48. The number of anilines is 1. The molecule has 1 aliphatic heterocycles. The first-order valence-electron chi connectivity index (χ1n) is 6.30. The van der Waals surface area contributed by atoms with Crippen molar-refractivity contribution in [1.82, 2.24) is 0 Å². The molecule has 0 spiro atoms. The highest BCUT2D eigenvalue weighted by atomic mass is 16.5. The van der Waals surface area contributed by atoms with Gasteiger partial charge in [-0.2, -0.15) is 0 Å². The second kappa shape index (κ2) is 5.29. The van der Waals surface area contributed by atoms with E-state index in [0.29, 0.717) is 6.54 Å². The standard InChI is InChI=1S/C14H20N2O2/c1-10-5-6-13(18-2)12(8-10)16-7-3-4-11(9-16)14(15)17/h5-6,8,11H,3-4,7,9H2,1-2H3,(H2,15,17). The van der Waals surface area contributed by atoms with E-state index < -0.39 is 0 Å². The van der Waals surface area contributed by atoms with E-state index in [-0.39, 0.29) is 11.8 Å². The average Bonchev–Trinajstić information content (AvgIpc) is 2.39. The van der Waals surface area contributed by atoms with E-state index in [1.54, 1.807) is 7.11 Å². The number of piperidine rings is 1. The van der Waals surface area contributed by atoms with Crippen LogP contribution >= 0.6 is 0 Å². The highest BCUT2D eigenvalue weighted by molar-refractivity contribution is 5.78. The Hall–Kier alpha value is -1.71. The molecule has 1 aromatic carbocycles. The summed E-state index contributed by atoms with van der Waals surface area (Å²) in [5, 5.41) is 0.